The molecule has 8 nitrogen and oxygen atoms in total. The van der Waals surface area contributed by atoms with Crippen LogP contribution in [0.3, 0.4) is 0 Å². The molecular formula is C22H17N3O5S2. The van der Waals surface area contributed by atoms with E-state index >= 15 is 0 Å². The van der Waals surface area contributed by atoms with Crippen LogP contribution in [0.5, 0.6) is 0 Å². The molecule has 5 rings (SSSR count). The van der Waals surface area contributed by atoms with Crippen LogP contribution in [0, 0.1) is 5.92 Å². The summed E-state index contributed by atoms with van der Waals surface area (Å²) in [5, 5.41) is -0.0500. The Bertz CT molecular complexity index is 1270. The fourth-order valence-corrected chi connectivity index (χ4v) is 6.67. The summed E-state index contributed by atoms with van der Waals surface area (Å²) in [6.45, 7) is 1.98. The molecule has 0 spiro atoms. The minimum absolute atomic E-state index is 0.220. The van der Waals surface area contributed by atoms with Gasteiger partial charge in [0.05, 0.1) is 28.8 Å². The van der Waals surface area contributed by atoms with Crippen molar-refractivity contribution in [2.45, 2.75) is 23.1 Å². The minimum atomic E-state index is -0.671. The van der Waals surface area contributed by atoms with Gasteiger partial charge in [-0.05, 0) is 42.8 Å². The largest absolute Gasteiger partial charge is 0.462 e. The molecule has 1 aromatic carbocycles. The molecule has 0 radical (unpaired) electrons. The van der Waals surface area contributed by atoms with Gasteiger partial charge in [0.1, 0.15) is 5.25 Å². The Morgan fingerprint density at radius 3 is 2.62 bits per heavy atom. The second-order valence-corrected chi connectivity index (χ2v) is 9.48. The molecule has 0 saturated carbocycles. The average Bonchev–Trinajstić information content (AvgIpc) is 3.29. The number of carbonyl (C=O) groups is 3. The molecule has 3 aromatic rings. The lowest BCUT2D eigenvalue weighted by atomic mass is 9.84. The van der Waals surface area contributed by atoms with Gasteiger partial charge in [0, 0.05) is 23.2 Å². The first-order valence-corrected chi connectivity index (χ1v) is 11.6. The zero-order valence-electron chi connectivity index (χ0n) is 16.8. The molecule has 2 aromatic heterocycles. The van der Waals surface area contributed by atoms with E-state index in [2.05, 4.69) is 9.97 Å². The van der Waals surface area contributed by atoms with Gasteiger partial charge in [0.2, 0.25) is 11.8 Å². The van der Waals surface area contributed by atoms with E-state index in [1.165, 1.54) is 28.8 Å². The number of nitrogens with zero attached hydrogens (tertiary/aromatic N) is 2. The van der Waals surface area contributed by atoms with E-state index in [-0.39, 0.29) is 23.3 Å². The van der Waals surface area contributed by atoms with Crippen LogP contribution in [0.15, 0.2) is 58.6 Å². The third-order valence-electron chi connectivity index (χ3n) is 5.50. The Labute approximate surface area is 190 Å². The normalized spacial score (nSPS) is 21.9. The Hall–Kier alpha value is -3.24. The van der Waals surface area contributed by atoms with Gasteiger partial charge in [-0.2, -0.15) is 0 Å². The number of imide groups is 1. The Morgan fingerprint density at radius 2 is 1.94 bits per heavy atom. The minimum Gasteiger partial charge on any atom is -0.462 e. The number of amides is 2. The number of hydrogen-bond donors (Lipinski definition) is 1. The fourth-order valence-electron chi connectivity index (χ4n) is 4.15. The molecule has 1 N–H and O–H groups in total. The predicted octanol–water partition coefficient (Wildman–Crippen LogP) is 2.80. The van der Waals surface area contributed by atoms with Crippen LogP contribution in [0.1, 0.15) is 33.6 Å². The summed E-state index contributed by atoms with van der Waals surface area (Å²) in [7, 11) is 0. The standard InChI is InChI=1S/C22H17N3O5S2/c1-2-30-21(28)11-5-7-13(8-6-11)25-19(26)15-14(12-4-3-9-23-10-12)16-18(24-22(29)32-16)31-17(15)20(25)27/h3-10,14-15,17H,2H2,1H3,(H,24,29). The smallest absolute Gasteiger partial charge is 0.338 e. The maximum atomic E-state index is 13.6. The highest BCUT2D eigenvalue weighted by molar-refractivity contribution is 8.00. The Morgan fingerprint density at radius 1 is 1.16 bits per heavy atom. The van der Waals surface area contributed by atoms with Crippen molar-refractivity contribution in [3.05, 3.63) is 74.5 Å². The Kier molecular flexibility index (Phi) is 5.18. The number of carbonyl (C=O) groups excluding carboxylic acids is 3. The lowest BCUT2D eigenvalue weighted by molar-refractivity contribution is -0.122. The quantitative estimate of drug-likeness (QED) is 0.464. The molecule has 4 heterocycles. The maximum absolute atomic E-state index is 13.6. The van der Waals surface area contributed by atoms with Crippen LogP contribution < -0.4 is 9.77 Å². The summed E-state index contributed by atoms with van der Waals surface area (Å²) < 4.78 is 4.99. The van der Waals surface area contributed by atoms with Crippen molar-refractivity contribution in [3.8, 4) is 0 Å². The zero-order chi connectivity index (χ0) is 22.4. The van der Waals surface area contributed by atoms with Crippen molar-refractivity contribution in [3.63, 3.8) is 0 Å². The molecule has 32 heavy (non-hydrogen) atoms. The van der Waals surface area contributed by atoms with Crippen LogP contribution in [0.2, 0.25) is 0 Å². The highest BCUT2D eigenvalue weighted by atomic mass is 32.2. The van der Waals surface area contributed by atoms with E-state index in [1.807, 2.05) is 6.07 Å². The van der Waals surface area contributed by atoms with Gasteiger partial charge in [-0.1, -0.05) is 29.2 Å². The van der Waals surface area contributed by atoms with E-state index in [0.717, 1.165) is 21.8 Å². The number of aromatic amines is 1. The molecular weight excluding hydrogens is 450 g/mol. The number of nitrogens with one attached hydrogen (secondary N) is 1. The van der Waals surface area contributed by atoms with Gasteiger partial charge < -0.3 is 9.72 Å². The highest BCUT2D eigenvalue weighted by Gasteiger charge is 2.56. The van der Waals surface area contributed by atoms with Crippen LogP contribution in [0.4, 0.5) is 5.69 Å². The van der Waals surface area contributed by atoms with E-state index in [4.69, 9.17) is 4.74 Å². The molecule has 3 atom stereocenters. The zero-order valence-corrected chi connectivity index (χ0v) is 18.4. The number of ether oxygens (including phenoxy) is 1. The van der Waals surface area contributed by atoms with Crippen molar-refractivity contribution in [2.75, 3.05) is 11.5 Å². The molecule has 2 aliphatic rings. The summed E-state index contributed by atoms with van der Waals surface area (Å²) in [4.78, 5) is 59.6. The van der Waals surface area contributed by atoms with Gasteiger partial charge in [-0.15, -0.1) is 0 Å². The van der Waals surface area contributed by atoms with Crippen molar-refractivity contribution in [2.24, 2.45) is 5.92 Å². The number of fused-ring (bicyclic) bond motifs is 2. The molecule has 162 valence electrons. The molecule has 1 saturated heterocycles. The molecule has 2 amide bonds. The number of pyridine rings is 1. The van der Waals surface area contributed by atoms with Crippen LogP contribution in [-0.4, -0.2) is 39.6 Å². The number of thiazole rings is 1. The third kappa shape index (κ3) is 3.26. The molecule has 0 aliphatic carbocycles. The number of anilines is 1. The maximum Gasteiger partial charge on any atom is 0.338 e. The van der Waals surface area contributed by atoms with Crippen molar-refractivity contribution in [1.82, 2.24) is 9.97 Å². The van der Waals surface area contributed by atoms with Crippen molar-refractivity contribution in [1.29, 1.82) is 0 Å². The third-order valence-corrected chi connectivity index (χ3v) is 7.91. The van der Waals surface area contributed by atoms with E-state index in [9.17, 15) is 19.2 Å². The second kappa shape index (κ2) is 8.03. The highest BCUT2D eigenvalue weighted by Crippen LogP contribution is 2.52. The van der Waals surface area contributed by atoms with Crippen molar-refractivity contribution < 1.29 is 19.1 Å². The molecule has 3 unspecified atom stereocenters. The molecule has 10 heteroatoms. The lowest BCUT2D eigenvalue weighted by Gasteiger charge is -2.29. The van der Waals surface area contributed by atoms with Crippen LogP contribution in [-0.2, 0) is 14.3 Å². The summed E-state index contributed by atoms with van der Waals surface area (Å²) >= 11 is 2.28. The molecule has 0 bridgehead atoms. The van der Waals surface area contributed by atoms with E-state index in [0.29, 0.717) is 16.3 Å². The van der Waals surface area contributed by atoms with Gasteiger partial charge in [-0.3, -0.25) is 19.4 Å². The average molecular weight is 468 g/mol. The van der Waals surface area contributed by atoms with Gasteiger partial charge in [0.25, 0.3) is 0 Å². The van der Waals surface area contributed by atoms with Gasteiger partial charge in [0.15, 0.2) is 0 Å². The second-order valence-electron chi connectivity index (χ2n) is 7.32. The van der Waals surface area contributed by atoms with Crippen molar-refractivity contribution >= 4 is 46.6 Å². The Balaban J connectivity index is 1.54. The monoisotopic (exact) mass is 467 g/mol. The molecule has 1 fully saturated rings. The first kappa shape index (κ1) is 20.7. The SMILES string of the molecule is CCOC(=O)c1ccc(N2C(=O)C3Sc4[nH]c(=O)sc4C(c4cccnc4)C3C2=O)cc1. The first-order chi connectivity index (χ1) is 15.5. The lowest BCUT2D eigenvalue weighted by Crippen LogP contribution is -2.32. The summed E-state index contributed by atoms with van der Waals surface area (Å²) in [6, 6.07) is 9.84. The predicted molar refractivity (Wildman–Crippen MR) is 119 cm³/mol. The summed E-state index contributed by atoms with van der Waals surface area (Å²) in [5.41, 5.74) is 1.51. The number of rotatable bonds is 4. The molecule has 2 aliphatic heterocycles. The number of benzene rings is 1. The summed E-state index contributed by atoms with van der Waals surface area (Å²) in [5.74, 6) is -2.26. The number of H-pyrrole nitrogens is 1. The fraction of sp³-hybridized carbons (Fsp3) is 0.227. The topological polar surface area (TPSA) is 109 Å². The first-order valence-electron chi connectivity index (χ1n) is 9.94. The summed E-state index contributed by atoms with van der Waals surface area (Å²) in [6.07, 6.45) is 3.30. The van der Waals surface area contributed by atoms with Crippen LogP contribution in [0.25, 0.3) is 0 Å². The number of esters is 1. The number of aromatic nitrogens is 2. The van der Waals surface area contributed by atoms with Gasteiger partial charge in [-0.25, -0.2) is 9.69 Å². The van der Waals surface area contributed by atoms with E-state index in [1.54, 1.807) is 37.5 Å². The number of hydrogen-bond acceptors (Lipinski definition) is 8. The number of thioether (sulfide) groups is 1. The van der Waals surface area contributed by atoms with Gasteiger partial charge >= 0.3 is 10.8 Å². The van der Waals surface area contributed by atoms with Crippen LogP contribution >= 0.6 is 23.1 Å². The van der Waals surface area contributed by atoms with E-state index < -0.39 is 23.1 Å².